The lowest BCUT2D eigenvalue weighted by molar-refractivity contribution is -0.139. The van der Waals surface area contributed by atoms with Crippen LogP contribution in [0.4, 0.5) is 0 Å². The highest BCUT2D eigenvalue weighted by Crippen LogP contribution is 2.36. The number of aryl methyl sites for hydroxylation is 1. The fraction of sp³-hybridized carbons (Fsp3) is 0.320. The van der Waals surface area contributed by atoms with Gasteiger partial charge in [-0.3, -0.25) is 9.36 Å². The molecule has 0 unspecified atom stereocenters. The number of ether oxygens (including phenoxy) is 2. The largest absolute Gasteiger partial charge is 0.491 e. The van der Waals surface area contributed by atoms with Gasteiger partial charge in [-0.25, -0.2) is 9.79 Å². The molecule has 0 radical (unpaired) electrons. The third-order valence-electron chi connectivity index (χ3n) is 5.26. The first-order chi connectivity index (χ1) is 15.8. The fourth-order valence-electron chi connectivity index (χ4n) is 3.80. The van der Waals surface area contributed by atoms with E-state index in [-0.39, 0.29) is 18.3 Å². The van der Waals surface area contributed by atoms with Gasteiger partial charge in [0.25, 0.3) is 5.56 Å². The number of aromatic nitrogens is 1. The Labute approximate surface area is 200 Å². The van der Waals surface area contributed by atoms with E-state index in [4.69, 9.17) is 9.47 Å². The molecule has 6 nitrogen and oxygen atoms in total. The number of esters is 1. The Morgan fingerprint density at radius 2 is 2.00 bits per heavy atom. The molecule has 4 rings (SSSR count). The third kappa shape index (κ3) is 4.45. The maximum Gasteiger partial charge on any atom is 0.338 e. The molecule has 2 aromatic heterocycles. The van der Waals surface area contributed by atoms with Crippen LogP contribution in [0.25, 0.3) is 6.08 Å². The van der Waals surface area contributed by atoms with Gasteiger partial charge in [0.15, 0.2) is 4.80 Å². The van der Waals surface area contributed by atoms with Gasteiger partial charge in [0.05, 0.1) is 28.5 Å². The lowest BCUT2D eigenvalue weighted by Crippen LogP contribution is -2.40. The summed E-state index contributed by atoms with van der Waals surface area (Å²) in [6.07, 6.45) is 1.83. The van der Waals surface area contributed by atoms with Crippen LogP contribution in [0.3, 0.4) is 0 Å². The van der Waals surface area contributed by atoms with E-state index >= 15 is 0 Å². The number of allylic oxidation sites excluding steroid dienone is 1. The Bertz CT molecular complexity index is 1410. The van der Waals surface area contributed by atoms with Crippen molar-refractivity contribution >= 4 is 34.7 Å². The predicted octanol–water partition coefficient (Wildman–Crippen LogP) is 3.96. The van der Waals surface area contributed by atoms with E-state index in [2.05, 4.69) is 4.99 Å². The normalized spacial score (nSPS) is 16.1. The summed E-state index contributed by atoms with van der Waals surface area (Å²) in [7, 11) is 0. The first kappa shape index (κ1) is 23.2. The molecule has 0 spiro atoms. The molecule has 3 aromatic rings. The summed E-state index contributed by atoms with van der Waals surface area (Å²) in [5.41, 5.74) is 2.54. The van der Waals surface area contributed by atoms with E-state index in [1.54, 1.807) is 29.8 Å². The number of thiophene rings is 1. The maximum atomic E-state index is 13.7. The number of carbonyl (C=O) groups is 1. The van der Waals surface area contributed by atoms with E-state index in [0.29, 0.717) is 26.4 Å². The number of nitrogens with zero attached hydrogens (tertiary/aromatic N) is 2. The van der Waals surface area contributed by atoms with Crippen LogP contribution in [0.2, 0.25) is 0 Å². The highest BCUT2D eigenvalue weighted by Gasteiger charge is 2.35. The van der Waals surface area contributed by atoms with Crippen molar-refractivity contribution in [2.24, 2.45) is 4.99 Å². The summed E-state index contributed by atoms with van der Waals surface area (Å²) in [5, 5.41) is 2.00. The molecule has 1 aliphatic rings. The average Bonchev–Trinajstić information content (AvgIpc) is 3.30. The summed E-state index contributed by atoms with van der Waals surface area (Å²) in [6, 6.07) is 8.84. The minimum absolute atomic E-state index is 0.0695. The second kappa shape index (κ2) is 9.49. The van der Waals surface area contributed by atoms with Gasteiger partial charge >= 0.3 is 5.97 Å². The standard InChI is InChI=1S/C25H26N2O4S2/c1-6-30-24(29)21-16(5)26-25-27(22(21)17-9-7-8-10-18(17)31-14(2)3)23(28)20(33-25)13-19-15(4)11-12-32-19/h7-14,22H,6H2,1-5H3/b20-13-/t22-/m0/s1. The van der Waals surface area contributed by atoms with Crippen molar-refractivity contribution in [3.63, 3.8) is 0 Å². The van der Waals surface area contributed by atoms with Crippen molar-refractivity contribution in [1.29, 1.82) is 0 Å². The zero-order valence-electron chi connectivity index (χ0n) is 19.2. The lowest BCUT2D eigenvalue weighted by atomic mass is 9.95. The number of rotatable bonds is 6. The Morgan fingerprint density at radius 3 is 2.67 bits per heavy atom. The predicted molar refractivity (Wildman–Crippen MR) is 132 cm³/mol. The summed E-state index contributed by atoms with van der Waals surface area (Å²) in [6.45, 7) is 9.68. The van der Waals surface area contributed by atoms with Crippen molar-refractivity contribution in [3.8, 4) is 5.75 Å². The number of para-hydroxylation sites is 1. The van der Waals surface area contributed by atoms with Gasteiger partial charge in [0.1, 0.15) is 11.8 Å². The zero-order valence-corrected chi connectivity index (χ0v) is 20.9. The van der Waals surface area contributed by atoms with Crippen LogP contribution in [0.15, 0.2) is 56.8 Å². The number of hydrogen-bond acceptors (Lipinski definition) is 7. The van der Waals surface area contributed by atoms with Crippen molar-refractivity contribution in [2.45, 2.75) is 46.8 Å². The molecular weight excluding hydrogens is 456 g/mol. The zero-order chi connectivity index (χ0) is 23.7. The molecule has 172 valence electrons. The van der Waals surface area contributed by atoms with Crippen LogP contribution < -0.4 is 19.6 Å². The minimum Gasteiger partial charge on any atom is -0.491 e. The Morgan fingerprint density at radius 1 is 1.24 bits per heavy atom. The van der Waals surface area contributed by atoms with Crippen LogP contribution in [0.5, 0.6) is 5.75 Å². The SMILES string of the molecule is CCOC(=O)C1=C(C)N=c2s/c(=C\c3sccc3C)c(=O)n2[C@H]1c1ccccc1OC(C)C. The molecule has 0 fully saturated rings. The molecule has 8 heteroatoms. The summed E-state index contributed by atoms with van der Waals surface area (Å²) in [4.78, 5) is 32.9. The number of fused-ring (bicyclic) bond motifs is 1. The first-order valence-corrected chi connectivity index (χ1v) is 12.5. The molecule has 1 atom stereocenters. The van der Waals surface area contributed by atoms with Gasteiger partial charge in [-0.15, -0.1) is 11.3 Å². The molecule has 0 N–H and O–H groups in total. The van der Waals surface area contributed by atoms with Crippen LogP contribution in [0.1, 0.15) is 49.7 Å². The molecule has 3 heterocycles. The van der Waals surface area contributed by atoms with Gasteiger partial charge in [0, 0.05) is 10.4 Å². The Balaban J connectivity index is 2.00. The van der Waals surface area contributed by atoms with Crippen LogP contribution in [-0.4, -0.2) is 23.2 Å². The van der Waals surface area contributed by atoms with Gasteiger partial charge in [0.2, 0.25) is 0 Å². The Hall–Kier alpha value is -2.97. The van der Waals surface area contributed by atoms with Crippen molar-refractivity contribution < 1.29 is 14.3 Å². The number of carbonyl (C=O) groups excluding carboxylic acids is 1. The van der Waals surface area contributed by atoms with Gasteiger partial charge < -0.3 is 9.47 Å². The molecule has 33 heavy (non-hydrogen) atoms. The molecule has 0 aliphatic carbocycles. The summed E-state index contributed by atoms with van der Waals surface area (Å²) < 4.78 is 13.6. The second-order valence-corrected chi connectivity index (χ2v) is 9.93. The van der Waals surface area contributed by atoms with E-state index < -0.39 is 12.0 Å². The van der Waals surface area contributed by atoms with Crippen LogP contribution in [0, 0.1) is 6.92 Å². The molecule has 0 bridgehead atoms. The van der Waals surface area contributed by atoms with Crippen LogP contribution in [-0.2, 0) is 9.53 Å². The number of hydrogen-bond donors (Lipinski definition) is 0. The van der Waals surface area contributed by atoms with Crippen molar-refractivity contribution in [3.05, 3.63) is 82.7 Å². The van der Waals surface area contributed by atoms with E-state index in [0.717, 1.165) is 16.0 Å². The van der Waals surface area contributed by atoms with E-state index in [9.17, 15) is 9.59 Å². The van der Waals surface area contributed by atoms with Crippen LogP contribution >= 0.6 is 22.7 Å². The monoisotopic (exact) mass is 482 g/mol. The quantitative estimate of drug-likeness (QED) is 0.499. The van der Waals surface area contributed by atoms with Gasteiger partial charge in [-0.1, -0.05) is 29.5 Å². The smallest absolute Gasteiger partial charge is 0.338 e. The topological polar surface area (TPSA) is 69.9 Å². The molecule has 1 aromatic carbocycles. The van der Waals surface area contributed by atoms with E-state index in [1.165, 1.54) is 11.3 Å². The fourth-order valence-corrected chi connectivity index (χ4v) is 5.77. The molecule has 0 saturated heterocycles. The average molecular weight is 483 g/mol. The highest BCUT2D eigenvalue weighted by atomic mass is 32.1. The maximum absolute atomic E-state index is 13.7. The second-order valence-electron chi connectivity index (χ2n) is 7.97. The van der Waals surface area contributed by atoms with Crippen molar-refractivity contribution in [1.82, 2.24) is 4.57 Å². The first-order valence-electron chi connectivity index (χ1n) is 10.8. The summed E-state index contributed by atoms with van der Waals surface area (Å²) >= 11 is 2.91. The lowest BCUT2D eigenvalue weighted by Gasteiger charge is -2.26. The minimum atomic E-state index is -0.693. The highest BCUT2D eigenvalue weighted by molar-refractivity contribution is 7.11. The van der Waals surface area contributed by atoms with E-state index in [1.807, 2.05) is 62.6 Å². The van der Waals surface area contributed by atoms with Gasteiger partial charge in [-0.05, 0) is 63.8 Å². The molecular formula is C25H26N2O4S2. The molecule has 0 amide bonds. The molecule has 0 saturated carbocycles. The summed E-state index contributed by atoms with van der Waals surface area (Å²) in [5.74, 6) is 0.143. The van der Waals surface area contributed by atoms with Crippen molar-refractivity contribution in [2.75, 3.05) is 6.61 Å². The molecule has 1 aliphatic heterocycles. The third-order valence-corrected chi connectivity index (χ3v) is 7.21. The Kier molecular flexibility index (Phi) is 6.67. The van der Waals surface area contributed by atoms with Gasteiger partial charge in [-0.2, -0.15) is 0 Å². The number of thiazole rings is 1. The number of benzene rings is 1.